The van der Waals surface area contributed by atoms with Gasteiger partial charge >= 0.3 is 6.09 Å². The van der Waals surface area contributed by atoms with Gasteiger partial charge in [-0.05, 0) is 45.4 Å². The normalized spacial score (nSPS) is 13.0. The highest BCUT2D eigenvalue weighted by Crippen LogP contribution is 2.17. The number of carbonyl (C=O) groups excluding carboxylic acids is 1. The number of carbonyl (C=O) groups is 1. The summed E-state index contributed by atoms with van der Waals surface area (Å²) >= 11 is 0. The Hall–Kier alpha value is -1.55. The number of amides is 1. The van der Waals surface area contributed by atoms with Gasteiger partial charge in [-0.15, -0.1) is 0 Å². The van der Waals surface area contributed by atoms with Gasteiger partial charge in [-0.2, -0.15) is 0 Å². The van der Waals surface area contributed by atoms with E-state index in [0.29, 0.717) is 5.69 Å². The summed E-state index contributed by atoms with van der Waals surface area (Å²) in [5.41, 5.74) is 0.836. The number of rotatable bonds is 2. The molecule has 0 saturated carbocycles. The van der Waals surface area contributed by atoms with Crippen LogP contribution in [0, 0.1) is 0 Å². The highest BCUT2D eigenvalue weighted by atomic mass is 16.6. The lowest BCUT2D eigenvalue weighted by Crippen LogP contribution is -2.27. The lowest BCUT2D eigenvalue weighted by atomic mass is 10.1. The number of nitrogens with one attached hydrogen (secondary N) is 1. The molecule has 4 nitrogen and oxygen atoms in total. The minimum absolute atomic E-state index is 0.500. The van der Waals surface area contributed by atoms with Crippen LogP contribution in [0.4, 0.5) is 10.5 Å². The van der Waals surface area contributed by atoms with Crippen LogP contribution in [-0.4, -0.2) is 16.8 Å². The fourth-order valence-corrected chi connectivity index (χ4v) is 1.30. The molecule has 0 aliphatic rings. The lowest BCUT2D eigenvalue weighted by molar-refractivity contribution is 0.0636. The molecule has 1 rings (SSSR count). The van der Waals surface area contributed by atoms with Crippen molar-refractivity contribution < 1.29 is 14.6 Å². The molecule has 0 saturated heterocycles. The molecule has 1 unspecified atom stereocenters. The summed E-state index contributed by atoms with van der Waals surface area (Å²) in [6.45, 7) is 7.09. The molecular formula is C13H19NO3. The summed E-state index contributed by atoms with van der Waals surface area (Å²) in [4.78, 5) is 11.5. The Morgan fingerprint density at radius 1 is 1.41 bits per heavy atom. The van der Waals surface area contributed by atoms with Crippen molar-refractivity contribution in [3.63, 3.8) is 0 Å². The average Bonchev–Trinajstić information content (AvgIpc) is 2.14. The minimum Gasteiger partial charge on any atom is -0.444 e. The first kappa shape index (κ1) is 13.5. The maximum absolute atomic E-state index is 11.5. The zero-order chi connectivity index (χ0) is 13.1. The van der Waals surface area contributed by atoms with Crippen LogP contribution in [0.15, 0.2) is 24.3 Å². The van der Waals surface area contributed by atoms with Gasteiger partial charge in [0.05, 0.1) is 6.10 Å². The average molecular weight is 237 g/mol. The number of hydrogen-bond donors (Lipinski definition) is 2. The molecule has 2 N–H and O–H groups in total. The number of aliphatic hydroxyl groups excluding tert-OH is 1. The van der Waals surface area contributed by atoms with Gasteiger partial charge in [-0.1, -0.05) is 12.1 Å². The van der Waals surface area contributed by atoms with E-state index >= 15 is 0 Å². The van der Waals surface area contributed by atoms with Crippen LogP contribution in [0.1, 0.15) is 39.4 Å². The van der Waals surface area contributed by atoms with Crippen molar-refractivity contribution in [2.75, 3.05) is 5.32 Å². The fraction of sp³-hybridized carbons (Fsp3) is 0.462. The molecule has 1 aromatic rings. The molecule has 1 amide bonds. The molecule has 1 aromatic carbocycles. The van der Waals surface area contributed by atoms with Crippen LogP contribution in [0.2, 0.25) is 0 Å². The molecule has 0 spiro atoms. The second-order valence-corrected chi connectivity index (χ2v) is 4.93. The van der Waals surface area contributed by atoms with Gasteiger partial charge in [0.2, 0.25) is 0 Å². The van der Waals surface area contributed by atoms with E-state index in [2.05, 4.69) is 5.32 Å². The summed E-state index contributed by atoms with van der Waals surface area (Å²) in [6, 6.07) is 7.03. The SMILES string of the molecule is CC(O)c1cccc(NC(=O)OC(C)(C)C)c1. The predicted octanol–water partition coefficient (Wildman–Crippen LogP) is 3.09. The molecule has 17 heavy (non-hydrogen) atoms. The van der Waals surface area contributed by atoms with E-state index in [0.717, 1.165) is 5.56 Å². The van der Waals surface area contributed by atoms with E-state index in [4.69, 9.17) is 4.74 Å². The summed E-state index contributed by atoms with van der Waals surface area (Å²) in [5, 5.41) is 12.0. The number of aliphatic hydroxyl groups is 1. The quantitative estimate of drug-likeness (QED) is 0.831. The molecule has 0 radical (unpaired) electrons. The van der Waals surface area contributed by atoms with Crippen molar-refractivity contribution in [3.8, 4) is 0 Å². The number of anilines is 1. The third-order valence-corrected chi connectivity index (χ3v) is 2.01. The van der Waals surface area contributed by atoms with Crippen LogP contribution in [0.5, 0.6) is 0 Å². The van der Waals surface area contributed by atoms with E-state index in [1.807, 2.05) is 0 Å². The largest absolute Gasteiger partial charge is 0.444 e. The van der Waals surface area contributed by atoms with E-state index in [1.54, 1.807) is 52.0 Å². The first-order chi connectivity index (χ1) is 7.78. The van der Waals surface area contributed by atoms with Crippen molar-refractivity contribution >= 4 is 11.8 Å². The van der Waals surface area contributed by atoms with E-state index in [-0.39, 0.29) is 0 Å². The zero-order valence-electron chi connectivity index (χ0n) is 10.7. The zero-order valence-corrected chi connectivity index (χ0v) is 10.7. The van der Waals surface area contributed by atoms with Crippen LogP contribution in [-0.2, 0) is 4.74 Å². The van der Waals surface area contributed by atoms with Crippen molar-refractivity contribution in [2.45, 2.75) is 39.4 Å². The molecule has 0 aliphatic heterocycles. The Morgan fingerprint density at radius 2 is 2.06 bits per heavy atom. The molecule has 0 bridgehead atoms. The first-order valence-corrected chi connectivity index (χ1v) is 5.56. The van der Waals surface area contributed by atoms with Gasteiger partial charge in [0.1, 0.15) is 5.60 Å². The van der Waals surface area contributed by atoms with Crippen molar-refractivity contribution in [1.82, 2.24) is 0 Å². The Labute approximate surface area is 102 Å². The van der Waals surface area contributed by atoms with E-state index in [9.17, 15) is 9.90 Å². The Kier molecular flexibility index (Phi) is 4.12. The number of benzene rings is 1. The first-order valence-electron chi connectivity index (χ1n) is 5.56. The maximum atomic E-state index is 11.5. The lowest BCUT2D eigenvalue weighted by Gasteiger charge is -2.19. The van der Waals surface area contributed by atoms with E-state index < -0.39 is 17.8 Å². The molecule has 0 fully saturated rings. The fourth-order valence-electron chi connectivity index (χ4n) is 1.30. The van der Waals surface area contributed by atoms with Crippen molar-refractivity contribution in [1.29, 1.82) is 0 Å². The molecular weight excluding hydrogens is 218 g/mol. The Morgan fingerprint density at radius 3 is 2.59 bits per heavy atom. The third-order valence-electron chi connectivity index (χ3n) is 2.01. The second kappa shape index (κ2) is 5.19. The van der Waals surface area contributed by atoms with Crippen LogP contribution < -0.4 is 5.32 Å². The molecule has 0 heterocycles. The molecule has 94 valence electrons. The van der Waals surface area contributed by atoms with Gasteiger partial charge in [0.25, 0.3) is 0 Å². The smallest absolute Gasteiger partial charge is 0.412 e. The topological polar surface area (TPSA) is 58.6 Å². The Balaban J connectivity index is 2.69. The standard InChI is InChI=1S/C13H19NO3/c1-9(15)10-6-5-7-11(8-10)14-12(16)17-13(2,3)4/h5-9,15H,1-4H3,(H,14,16). The van der Waals surface area contributed by atoms with Crippen LogP contribution in [0.3, 0.4) is 0 Å². The summed E-state index contributed by atoms with van der Waals surface area (Å²) < 4.78 is 5.13. The van der Waals surface area contributed by atoms with Gasteiger partial charge in [-0.25, -0.2) is 4.79 Å². The monoisotopic (exact) mass is 237 g/mol. The van der Waals surface area contributed by atoms with Gasteiger partial charge in [0.15, 0.2) is 0 Å². The minimum atomic E-state index is -0.560. The van der Waals surface area contributed by atoms with Crippen LogP contribution >= 0.6 is 0 Å². The highest BCUT2D eigenvalue weighted by molar-refractivity contribution is 5.84. The summed E-state index contributed by atoms with van der Waals surface area (Å²) in [6.07, 6.45) is -1.06. The number of hydrogen-bond acceptors (Lipinski definition) is 3. The summed E-state index contributed by atoms with van der Waals surface area (Å²) in [7, 11) is 0. The predicted molar refractivity (Wildman–Crippen MR) is 66.9 cm³/mol. The maximum Gasteiger partial charge on any atom is 0.412 e. The van der Waals surface area contributed by atoms with Crippen LogP contribution in [0.25, 0.3) is 0 Å². The van der Waals surface area contributed by atoms with Crippen molar-refractivity contribution in [2.24, 2.45) is 0 Å². The number of ether oxygens (including phenoxy) is 1. The summed E-state index contributed by atoms with van der Waals surface area (Å²) in [5.74, 6) is 0. The van der Waals surface area contributed by atoms with E-state index in [1.165, 1.54) is 0 Å². The van der Waals surface area contributed by atoms with Crippen molar-refractivity contribution in [3.05, 3.63) is 29.8 Å². The molecule has 0 aliphatic carbocycles. The molecule has 0 aromatic heterocycles. The molecule has 1 atom stereocenters. The van der Waals surface area contributed by atoms with Gasteiger partial charge in [0, 0.05) is 5.69 Å². The van der Waals surface area contributed by atoms with Gasteiger partial charge < -0.3 is 9.84 Å². The molecule has 4 heteroatoms. The third kappa shape index (κ3) is 4.87. The Bertz CT molecular complexity index is 394. The highest BCUT2D eigenvalue weighted by Gasteiger charge is 2.16. The second-order valence-electron chi connectivity index (χ2n) is 4.93. The van der Waals surface area contributed by atoms with Gasteiger partial charge in [-0.3, -0.25) is 5.32 Å².